The molecule has 0 amide bonds. The first kappa shape index (κ1) is 9.55. The van der Waals surface area contributed by atoms with E-state index in [9.17, 15) is 0 Å². The van der Waals surface area contributed by atoms with Gasteiger partial charge in [-0.05, 0) is 23.9 Å². The third-order valence-electron chi connectivity index (χ3n) is 1.61. The molecule has 5 nitrogen and oxygen atoms in total. The minimum Gasteiger partial charge on any atom is -0.440 e. The van der Waals surface area contributed by atoms with Crippen LogP contribution >= 0.6 is 11.8 Å². The molecule has 0 saturated heterocycles. The fraction of sp³-hybridized carbons (Fsp3) is 0. The van der Waals surface area contributed by atoms with E-state index in [0.717, 1.165) is 0 Å². The monoisotopic (exact) mass is 218 g/mol. The van der Waals surface area contributed by atoms with Gasteiger partial charge in [-0.2, -0.15) is 5.26 Å². The highest BCUT2D eigenvalue weighted by Crippen LogP contribution is 2.25. The Balaban J connectivity index is 2.27. The molecule has 2 aromatic rings. The molecule has 0 aliphatic rings. The molecule has 15 heavy (non-hydrogen) atoms. The average molecular weight is 218 g/mol. The molecule has 2 rings (SSSR count). The van der Waals surface area contributed by atoms with E-state index in [1.807, 2.05) is 6.07 Å². The number of rotatable bonds is 2. The molecule has 0 radical (unpaired) electrons. The number of pyridine rings is 1. The molecular formula is C9H6N4OS. The van der Waals surface area contributed by atoms with Crippen LogP contribution in [0.25, 0.3) is 0 Å². The van der Waals surface area contributed by atoms with Crippen LogP contribution in [0.2, 0.25) is 0 Å². The third kappa shape index (κ3) is 2.08. The predicted octanol–water partition coefficient (Wildman–Crippen LogP) is 1.67. The van der Waals surface area contributed by atoms with Crippen LogP contribution in [0.1, 0.15) is 5.69 Å². The van der Waals surface area contributed by atoms with Crippen molar-refractivity contribution >= 4 is 17.4 Å². The number of hydrogen-bond donors (Lipinski definition) is 1. The molecule has 0 spiro atoms. The van der Waals surface area contributed by atoms with Crippen molar-refractivity contribution in [2.24, 2.45) is 0 Å². The number of anilines is 1. The Morgan fingerprint density at radius 2 is 2.33 bits per heavy atom. The second-order valence-corrected chi connectivity index (χ2v) is 3.57. The standard InChI is InChI=1S/C9H6N4OS/c10-5-7-6(11)1-2-8(13-7)15-9-12-3-4-14-9/h1-4H,11H2. The van der Waals surface area contributed by atoms with Gasteiger partial charge in [-0.3, -0.25) is 0 Å². The van der Waals surface area contributed by atoms with Gasteiger partial charge in [-0.15, -0.1) is 0 Å². The Morgan fingerprint density at radius 1 is 1.47 bits per heavy atom. The number of aromatic nitrogens is 2. The van der Waals surface area contributed by atoms with Crippen LogP contribution in [0, 0.1) is 11.3 Å². The lowest BCUT2D eigenvalue weighted by molar-refractivity contribution is 0.454. The van der Waals surface area contributed by atoms with Crippen molar-refractivity contribution in [2.45, 2.75) is 10.2 Å². The maximum absolute atomic E-state index is 8.73. The van der Waals surface area contributed by atoms with Crippen molar-refractivity contribution in [3.8, 4) is 6.07 Å². The SMILES string of the molecule is N#Cc1nc(Sc2ncco2)ccc1N. The van der Waals surface area contributed by atoms with Crippen LogP contribution in [0.4, 0.5) is 5.69 Å². The van der Waals surface area contributed by atoms with E-state index in [0.29, 0.717) is 15.9 Å². The first-order chi connectivity index (χ1) is 7.29. The maximum Gasteiger partial charge on any atom is 0.261 e. The summed E-state index contributed by atoms with van der Waals surface area (Å²) in [6, 6.07) is 5.26. The van der Waals surface area contributed by atoms with E-state index in [-0.39, 0.29) is 5.69 Å². The second kappa shape index (κ2) is 4.02. The predicted molar refractivity (Wildman–Crippen MR) is 54.0 cm³/mol. The maximum atomic E-state index is 8.73. The number of nitrogen functional groups attached to an aromatic ring is 1. The van der Waals surface area contributed by atoms with Gasteiger partial charge in [-0.25, -0.2) is 9.97 Å². The zero-order valence-electron chi connectivity index (χ0n) is 7.54. The van der Waals surface area contributed by atoms with E-state index in [1.165, 1.54) is 18.0 Å². The summed E-state index contributed by atoms with van der Waals surface area (Å²) in [7, 11) is 0. The summed E-state index contributed by atoms with van der Waals surface area (Å²) in [6.07, 6.45) is 3.02. The van der Waals surface area contributed by atoms with Crippen molar-refractivity contribution in [1.29, 1.82) is 5.26 Å². The van der Waals surface area contributed by atoms with Gasteiger partial charge in [0.25, 0.3) is 5.22 Å². The van der Waals surface area contributed by atoms with Gasteiger partial charge in [0.15, 0.2) is 5.69 Å². The lowest BCUT2D eigenvalue weighted by atomic mass is 10.3. The zero-order valence-corrected chi connectivity index (χ0v) is 8.36. The quantitative estimate of drug-likeness (QED) is 0.824. The lowest BCUT2D eigenvalue weighted by Gasteiger charge is -1.99. The highest BCUT2D eigenvalue weighted by Gasteiger charge is 2.06. The van der Waals surface area contributed by atoms with Gasteiger partial charge < -0.3 is 10.2 Å². The van der Waals surface area contributed by atoms with Crippen molar-refractivity contribution in [2.75, 3.05) is 5.73 Å². The third-order valence-corrected chi connectivity index (χ3v) is 2.42. The molecule has 2 heterocycles. The molecule has 0 unspecified atom stereocenters. The summed E-state index contributed by atoms with van der Waals surface area (Å²) < 4.78 is 5.04. The largest absolute Gasteiger partial charge is 0.440 e. The van der Waals surface area contributed by atoms with Gasteiger partial charge in [0.05, 0.1) is 11.9 Å². The average Bonchev–Trinajstić information content (AvgIpc) is 2.73. The molecule has 2 aromatic heterocycles. The minimum atomic E-state index is 0.214. The Bertz CT molecular complexity index is 503. The number of oxazole rings is 1. The van der Waals surface area contributed by atoms with E-state index in [1.54, 1.807) is 18.3 Å². The van der Waals surface area contributed by atoms with Crippen LogP contribution in [-0.2, 0) is 0 Å². The van der Waals surface area contributed by atoms with Gasteiger partial charge >= 0.3 is 0 Å². The van der Waals surface area contributed by atoms with Crippen LogP contribution in [0.5, 0.6) is 0 Å². The van der Waals surface area contributed by atoms with E-state index in [4.69, 9.17) is 15.4 Å². The molecule has 74 valence electrons. The zero-order chi connectivity index (χ0) is 10.7. The summed E-state index contributed by atoms with van der Waals surface area (Å²) in [6.45, 7) is 0. The summed E-state index contributed by atoms with van der Waals surface area (Å²) in [5.74, 6) is 0. The van der Waals surface area contributed by atoms with E-state index >= 15 is 0 Å². The molecule has 0 aliphatic heterocycles. The van der Waals surface area contributed by atoms with Crippen molar-refractivity contribution in [1.82, 2.24) is 9.97 Å². The topological polar surface area (TPSA) is 88.7 Å². The molecule has 0 aliphatic carbocycles. The van der Waals surface area contributed by atoms with Crippen LogP contribution in [0.3, 0.4) is 0 Å². The molecule has 0 saturated carbocycles. The highest BCUT2D eigenvalue weighted by molar-refractivity contribution is 7.99. The summed E-state index contributed by atoms with van der Waals surface area (Å²) >= 11 is 1.24. The molecule has 6 heteroatoms. The second-order valence-electron chi connectivity index (χ2n) is 2.60. The molecular weight excluding hydrogens is 212 g/mol. The molecule has 0 fully saturated rings. The summed E-state index contributed by atoms with van der Waals surface area (Å²) in [4.78, 5) is 7.97. The molecule has 0 bridgehead atoms. The number of nitriles is 1. The first-order valence-electron chi connectivity index (χ1n) is 4.03. The number of nitrogens with two attached hydrogens (primary N) is 1. The van der Waals surface area contributed by atoms with E-state index in [2.05, 4.69) is 9.97 Å². The Kier molecular flexibility index (Phi) is 2.56. The van der Waals surface area contributed by atoms with Crippen LogP contribution in [-0.4, -0.2) is 9.97 Å². The van der Waals surface area contributed by atoms with Crippen molar-refractivity contribution < 1.29 is 4.42 Å². The normalized spacial score (nSPS) is 9.80. The Labute approximate surface area is 89.9 Å². The van der Waals surface area contributed by atoms with Gasteiger partial charge in [0.1, 0.15) is 17.4 Å². The van der Waals surface area contributed by atoms with Crippen molar-refractivity contribution in [3.05, 3.63) is 30.3 Å². The lowest BCUT2D eigenvalue weighted by Crippen LogP contribution is -1.94. The van der Waals surface area contributed by atoms with Gasteiger partial charge in [-0.1, -0.05) is 0 Å². The fourth-order valence-electron chi connectivity index (χ4n) is 0.949. The Hall–Kier alpha value is -2.00. The fourth-order valence-corrected chi connectivity index (χ4v) is 1.62. The smallest absolute Gasteiger partial charge is 0.261 e. The molecule has 2 N–H and O–H groups in total. The summed E-state index contributed by atoms with van der Waals surface area (Å²) in [5.41, 5.74) is 6.12. The minimum absolute atomic E-state index is 0.214. The first-order valence-corrected chi connectivity index (χ1v) is 4.85. The van der Waals surface area contributed by atoms with Crippen molar-refractivity contribution in [3.63, 3.8) is 0 Å². The number of hydrogen-bond acceptors (Lipinski definition) is 6. The van der Waals surface area contributed by atoms with Gasteiger partial charge in [0.2, 0.25) is 0 Å². The van der Waals surface area contributed by atoms with Gasteiger partial charge in [0, 0.05) is 0 Å². The summed E-state index contributed by atoms with van der Waals surface area (Å²) in [5, 5.41) is 9.84. The molecule has 0 aromatic carbocycles. The van der Waals surface area contributed by atoms with Crippen LogP contribution in [0.15, 0.2) is 39.3 Å². The molecule has 0 atom stereocenters. The number of nitrogens with zero attached hydrogens (tertiary/aromatic N) is 3. The van der Waals surface area contributed by atoms with E-state index < -0.39 is 0 Å². The highest BCUT2D eigenvalue weighted by atomic mass is 32.2. The van der Waals surface area contributed by atoms with Crippen LogP contribution < -0.4 is 5.73 Å². The Morgan fingerprint density at radius 3 is 3.00 bits per heavy atom.